The van der Waals surface area contributed by atoms with Crippen molar-refractivity contribution in [2.45, 2.75) is 0 Å². The first-order chi connectivity index (χ1) is 6.31. The first-order valence-corrected chi connectivity index (χ1v) is 4.55. The molecule has 66 valence electrons. The van der Waals surface area contributed by atoms with Crippen molar-refractivity contribution in [3.8, 4) is 5.75 Å². The molecule has 0 bridgehead atoms. The highest BCUT2D eigenvalue weighted by Crippen LogP contribution is 2.28. The smallest absolute Gasteiger partial charge is 0.133 e. The van der Waals surface area contributed by atoms with Gasteiger partial charge in [-0.1, -0.05) is 0 Å². The first kappa shape index (κ1) is 8.44. The molecule has 0 radical (unpaired) electrons. The number of methoxy groups -OCH3 is 1. The van der Waals surface area contributed by atoms with E-state index in [1.807, 2.05) is 18.2 Å². The lowest BCUT2D eigenvalue weighted by atomic mass is 10.2. The van der Waals surface area contributed by atoms with E-state index in [-0.39, 0.29) is 0 Å². The van der Waals surface area contributed by atoms with E-state index in [1.54, 1.807) is 13.3 Å². The monoisotopic (exact) mass is 238 g/mol. The third-order valence-corrected chi connectivity index (χ3v) is 2.41. The van der Waals surface area contributed by atoms with Crippen LogP contribution in [-0.4, -0.2) is 17.3 Å². The number of ether oxygens (including phenoxy) is 1. The zero-order valence-corrected chi connectivity index (χ0v) is 8.58. The summed E-state index contributed by atoms with van der Waals surface area (Å²) >= 11 is 3.38. The van der Waals surface area contributed by atoms with Crippen molar-refractivity contribution >= 4 is 26.8 Å². The number of fused-ring (bicyclic) bond motifs is 1. The van der Waals surface area contributed by atoms with E-state index in [0.29, 0.717) is 0 Å². The molecule has 0 unspecified atom stereocenters. The van der Waals surface area contributed by atoms with Crippen LogP contribution in [0.5, 0.6) is 5.75 Å². The average molecular weight is 239 g/mol. The Bertz CT molecular complexity index is 445. The largest absolute Gasteiger partial charge is 0.496 e. The van der Waals surface area contributed by atoms with Crippen molar-refractivity contribution in [1.82, 2.24) is 10.2 Å². The summed E-state index contributed by atoms with van der Waals surface area (Å²) in [6.07, 6.45) is 1.66. The Labute approximate surface area is 83.9 Å². The molecule has 3 nitrogen and oxygen atoms in total. The molecule has 0 aliphatic carbocycles. The van der Waals surface area contributed by atoms with Crippen LogP contribution >= 0.6 is 15.9 Å². The normalized spacial score (nSPS) is 10.3. The van der Waals surface area contributed by atoms with E-state index in [0.717, 1.165) is 21.1 Å². The molecule has 0 N–H and O–H groups in total. The van der Waals surface area contributed by atoms with Gasteiger partial charge < -0.3 is 4.74 Å². The number of halogens is 1. The summed E-state index contributed by atoms with van der Waals surface area (Å²) < 4.78 is 6.05. The fourth-order valence-electron chi connectivity index (χ4n) is 1.14. The van der Waals surface area contributed by atoms with Crippen molar-refractivity contribution < 1.29 is 4.74 Å². The number of hydrogen-bond donors (Lipinski definition) is 0. The second-order valence-electron chi connectivity index (χ2n) is 2.58. The van der Waals surface area contributed by atoms with Crippen LogP contribution in [0.4, 0.5) is 0 Å². The van der Waals surface area contributed by atoms with Crippen LogP contribution in [0.15, 0.2) is 28.9 Å². The van der Waals surface area contributed by atoms with E-state index in [1.165, 1.54) is 0 Å². The van der Waals surface area contributed by atoms with Gasteiger partial charge in [-0.2, -0.15) is 10.2 Å². The number of aromatic nitrogens is 2. The topological polar surface area (TPSA) is 35.0 Å². The summed E-state index contributed by atoms with van der Waals surface area (Å²) in [6, 6.07) is 5.71. The van der Waals surface area contributed by atoms with Gasteiger partial charge in [0.05, 0.1) is 23.3 Å². The molecule has 0 saturated carbocycles. The molecule has 13 heavy (non-hydrogen) atoms. The van der Waals surface area contributed by atoms with Gasteiger partial charge in [0.25, 0.3) is 0 Å². The predicted octanol–water partition coefficient (Wildman–Crippen LogP) is 2.40. The lowest BCUT2D eigenvalue weighted by Crippen LogP contribution is -1.87. The van der Waals surface area contributed by atoms with Crippen molar-refractivity contribution in [1.29, 1.82) is 0 Å². The summed E-state index contributed by atoms with van der Waals surface area (Å²) in [5.74, 6) is 0.806. The number of benzene rings is 1. The Morgan fingerprint density at radius 3 is 3.00 bits per heavy atom. The van der Waals surface area contributed by atoms with Gasteiger partial charge >= 0.3 is 0 Å². The Kier molecular flexibility index (Phi) is 2.14. The van der Waals surface area contributed by atoms with Crippen LogP contribution in [0.25, 0.3) is 10.9 Å². The molecular formula is C9H7BrN2O. The molecule has 0 atom stereocenters. The SMILES string of the molecule is COc1cc2ccnnc2cc1Br. The summed E-state index contributed by atoms with van der Waals surface area (Å²) in [5.41, 5.74) is 0.857. The highest BCUT2D eigenvalue weighted by Gasteiger charge is 2.02. The zero-order valence-electron chi connectivity index (χ0n) is 6.99. The molecule has 1 aromatic heterocycles. The van der Waals surface area contributed by atoms with Crippen molar-refractivity contribution in [3.05, 3.63) is 28.9 Å². The lowest BCUT2D eigenvalue weighted by molar-refractivity contribution is 0.413. The van der Waals surface area contributed by atoms with Gasteiger partial charge in [-0.3, -0.25) is 0 Å². The molecule has 2 rings (SSSR count). The Hall–Kier alpha value is -1.16. The minimum atomic E-state index is 0.806. The van der Waals surface area contributed by atoms with Crippen molar-refractivity contribution in [3.63, 3.8) is 0 Å². The fourth-order valence-corrected chi connectivity index (χ4v) is 1.64. The second-order valence-corrected chi connectivity index (χ2v) is 3.43. The average Bonchev–Trinajstić information content (AvgIpc) is 2.17. The van der Waals surface area contributed by atoms with E-state index in [4.69, 9.17) is 4.74 Å². The maximum atomic E-state index is 5.16. The predicted molar refractivity (Wildman–Crippen MR) is 53.8 cm³/mol. The van der Waals surface area contributed by atoms with Gasteiger partial charge in [0, 0.05) is 5.39 Å². The van der Waals surface area contributed by atoms with Gasteiger partial charge in [0.1, 0.15) is 5.75 Å². The lowest BCUT2D eigenvalue weighted by Gasteiger charge is -2.03. The van der Waals surface area contributed by atoms with Crippen LogP contribution < -0.4 is 4.74 Å². The molecule has 2 aromatic rings. The summed E-state index contributed by atoms with van der Waals surface area (Å²) in [4.78, 5) is 0. The van der Waals surface area contributed by atoms with Crippen LogP contribution in [0.1, 0.15) is 0 Å². The van der Waals surface area contributed by atoms with Crippen LogP contribution in [0.3, 0.4) is 0 Å². The molecule has 0 aliphatic rings. The van der Waals surface area contributed by atoms with Crippen LogP contribution in [-0.2, 0) is 0 Å². The van der Waals surface area contributed by atoms with E-state index >= 15 is 0 Å². The van der Waals surface area contributed by atoms with Crippen molar-refractivity contribution in [2.75, 3.05) is 7.11 Å². The molecule has 4 heteroatoms. The Morgan fingerprint density at radius 1 is 1.38 bits per heavy atom. The minimum absolute atomic E-state index is 0.806. The third-order valence-electron chi connectivity index (χ3n) is 1.79. The van der Waals surface area contributed by atoms with E-state index in [9.17, 15) is 0 Å². The molecule has 1 heterocycles. The number of nitrogens with zero attached hydrogens (tertiary/aromatic N) is 2. The fraction of sp³-hybridized carbons (Fsp3) is 0.111. The second kappa shape index (κ2) is 3.30. The molecule has 0 spiro atoms. The van der Waals surface area contributed by atoms with E-state index in [2.05, 4.69) is 26.1 Å². The highest BCUT2D eigenvalue weighted by molar-refractivity contribution is 9.10. The molecular weight excluding hydrogens is 232 g/mol. The zero-order chi connectivity index (χ0) is 9.26. The molecule has 0 fully saturated rings. The van der Waals surface area contributed by atoms with E-state index < -0.39 is 0 Å². The maximum Gasteiger partial charge on any atom is 0.133 e. The standard InChI is InChI=1S/C9H7BrN2O/c1-13-9-4-6-2-3-11-12-8(6)5-7(9)10/h2-5H,1H3. The minimum Gasteiger partial charge on any atom is -0.496 e. The van der Waals surface area contributed by atoms with Gasteiger partial charge in [-0.15, -0.1) is 0 Å². The number of rotatable bonds is 1. The van der Waals surface area contributed by atoms with Gasteiger partial charge in [-0.05, 0) is 34.1 Å². The Morgan fingerprint density at radius 2 is 2.23 bits per heavy atom. The first-order valence-electron chi connectivity index (χ1n) is 3.76. The Balaban J connectivity index is 2.74. The van der Waals surface area contributed by atoms with Gasteiger partial charge in [0.15, 0.2) is 0 Å². The molecule has 1 aromatic carbocycles. The molecule has 0 amide bonds. The van der Waals surface area contributed by atoms with Crippen molar-refractivity contribution in [2.24, 2.45) is 0 Å². The van der Waals surface area contributed by atoms with Crippen LogP contribution in [0.2, 0.25) is 0 Å². The maximum absolute atomic E-state index is 5.16. The molecule has 0 aliphatic heterocycles. The molecule has 0 saturated heterocycles. The summed E-state index contributed by atoms with van der Waals surface area (Å²) in [7, 11) is 1.64. The summed E-state index contributed by atoms with van der Waals surface area (Å²) in [6.45, 7) is 0. The third kappa shape index (κ3) is 1.49. The van der Waals surface area contributed by atoms with Gasteiger partial charge in [0.2, 0.25) is 0 Å². The summed E-state index contributed by atoms with van der Waals surface area (Å²) in [5, 5.41) is 8.80. The van der Waals surface area contributed by atoms with Gasteiger partial charge in [-0.25, -0.2) is 0 Å². The van der Waals surface area contributed by atoms with Crippen LogP contribution in [0, 0.1) is 0 Å². The number of hydrogen-bond acceptors (Lipinski definition) is 3. The quantitative estimate of drug-likeness (QED) is 0.766. The highest BCUT2D eigenvalue weighted by atomic mass is 79.9.